The van der Waals surface area contributed by atoms with E-state index in [-0.39, 0.29) is 79.8 Å². The summed E-state index contributed by atoms with van der Waals surface area (Å²) in [4.78, 5) is 137. The number of nitrogens with zero attached hydrogens (tertiary/aromatic N) is 8. The monoisotopic (exact) mass is 1840 g/mol. The molecule has 6 aromatic rings. The number of benzene rings is 2. The predicted molar refractivity (Wildman–Crippen MR) is 486 cm³/mol. The summed E-state index contributed by atoms with van der Waals surface area (Å²) in [5.41, 5.74) is -1.53. The maximum Gasteiger partial charge on any atom is 0.408 e. The Hall–Kier alpha value is -9.16. The Kier molecular flexibility index (Phi) is 28.0. The van der Waals surface area contributed by atoms with Gasteiger partial charge in [0.15, 0.2) is 10.3 Å². The van der Waals surface area contributed by atoms with Gasteiger partial charge in [0.05, 0.1) is 47.7 Å². The van der Waals surface area contributed by atoms with E-state index in [9.17, 15) is 48.6 Å². The highest BCUT2D eigenvalue weighted by molar-refractivity contribution is 7.14. The van der Waals surface area contributed by atoms with Crippen LogP contribution in [0.3, 0.4) is 0 Å². The van der Waals surface area contributed by atoms with E-state index in [0.717, 1.165) is 69.8 Å². The van der Waals surface area contributed by atoms with Crippen molar-refractivity contribution in [2.24, 2.45) is 46.3 Å². The van der Waals surface area contributed by atoms with Crippen LogP contribution in [0.25, 0.3) is 44.6 Å². The number of aromatic nitrogens is 4. The third-order valence-electron chi connectivity index (χ3n) is 26.8. The number of ether oxygens (including phenoxy) is 8. The molecule has 8 heterocycles. The van der Waals surface area contributed by atoms with Crippen LogP contribution in [0.5, 0.6) is 23.0 Å². The van der Waals surface area contributed by atoms with Gasteiger partial charge in [0, 0.05) is 118 Å². The molecular formula is C92H122Cl2N14O18S2. The smallest absolute Gasteiger partial charge is 0.408 e. The summed E-state index contributed by atoms with van der Waals surface area (Å²) in [5.74, 6) is -1.17. The minimum atomic E-state index is -1.54. The minimum absolute atomic E-state index is 0.0197. The molecule has 8 N–H and O–H groups in total. The van der Waals surface area contributed by atoms with Gasteiger partial charge in [-0.15, -0.1) is 29.3 Å². The normalized spacial score (nSPS) is 27.9. The number of hydrogen-bond donors (Lipinski definition) is 8. The molecule has 16 rings (SSSR count). The van der Waals surface area contributed by atoms with Crippen LogP contribution < -0.4 is 50.8 Å². The molecule has 6 amide bonds. The fourth-order valence-corrected chi connectivity index (χ4v) is 21.5. The van der Waals surface area contributed by atoms with Crippen molar-refractivity contribution in [1.82, 2.24) is 60.8 Å². The summed E-state index contributed by atoms with van der Waals surface area (Å²) < 4.78 is 48.7. The average molecular weight is 1850 g/mol. The average Bonchev–Trinajstić information content (AvgIpc) is 1.58. The van der Waals surface area contributed by atoms with Gasteiger partial charge in [-0.3, -0.25) is 29.0 Å². The van der Waals surface area contributed by atoms with Gasteiger partial charge in [0.2, 0.25) is 23.6 Å². The van der Waals surface area contributed by atoms with E-state index in [4.69, 9.17) is 81.0 Å². The topological polar surface area (TPSA) is 388 Å². The highest BCUT2D eigenvalue weighted by Gasteiger charge is 2.63. The van der Waals surface area contributed by atoms with Gasteiger partial charge in [-0.25, -0.2) is 39.1 Å². The van der Waals surface area contributed by atoms with Gasteiger partial charge in [-0.2, -0.15) is 0 Å². The Morgan fingerprint density at radius 2 is 0.961 bits per heavy atom. The first-order valence-electron chi connectivity index (χ1n) is 45.0. The number of aliphatic carboxylic acids is 2. The number of nitrogens with one attached hydrogen (secondary N) is 6. The van der Waals surface area contributed by atoms with E-state index in [1.165, 1.54) is 51.4 Å². The fraction of sp³-hybridized carbons (Fsp3) is 0.630. The molecule has 128 heavy (non-hydrogen) atoms. The maximum absolute atomic E-state index is 14.8. The molecule has 18 atom stereocenters. The number of carboxylic acids is 2. The zero-order chi connectivity index (χ0) is 91.3. The third kappa shape index (κ3) is 21.1. The van der Waals surface area contributed by atoms with Crippen LogP contribution >= 0.6 is 45.9 Å². The number of pyridine rings is 2. The molecule has 4 aliphatic heterocycles. The second-order valence-corrected chi connectivity index (χ2v) is 41.5. The summed E-state index contributed by atoms with van der Waals surface area (Å²) in [6.07, 6.45) is 7.31. The van der Waals surface area contributed by atoms with E-state index in [0.29, 0.717) is 141 Å². The SMILES string of the molecule is C=C[C@@H]1CC1(NC(=O)[C@@H]1C[C@@H](Oc2cc(-c3csc(NC(C)C)n3)nc3c(Cl)c(OCCN4CC[C@@H](OC)C4)ccc23)CN1C(=O)[C@@H](NC(=O)OC1C[C@@H]2C[C@@H]2C1)C(C)(C)C)C(=O)O.CC[C@@H]1CC1(NC(=O)[C@@H]1C[C@@H](Oc2cc(-c3csc(NC(C)C)n3)nc3c(Cl)c(OCCN4CC[C@@H](OC)C4)ccc23)CN1C(=O)[C@@H](NC(=O)OC1C[C@@H]2C[C@@H]2C1)C(C)(C)C)C(=O)O. The first-order chi connectivity index (χ1) is 60.9. The van der Waals surface area contributed by atoms with Crippen molar-refractivity contribution >= 4 is 126 Å². The first-order valence-corrected chi connectivity index (χ1v) is 47.5. The highest BCUT2D eigenvalue weighted by atomic mass is 35.5. The van der Waals surface area contributed by atoms with E-state index in [2.05, 4.69) is 48.3 Å². The Balaban J connectivity index is 0.000000197. The number of alkyl carbamates (subject to hydrolysis) is 2. The number of carbonyl (C=O) groups is 8. The van der Waals surface area contributed by atoms with Gasteiger partial charge < -0.3 is 89.8 Å². The summed E-state index contributed by atoms with van der Waals surface area (Å²) in [5, 5.41) is 45.3. The number of halogens is 2. The largest absolute Gasteiger partial charge is 0.491 e. The molecule has 10 aliphatic rings. The second kappa shape index (κ2) is 38.3. The predicted octanol–water partition coefficient (Wildman–Crippen LogP) is 13.0. The van der Waals surface area contributed by atoms with Crippen LogP contribution in [-0.2, 0) is 47.7 Å². The summed E-state index contributed by atoms with van der Waals surface area (Å²) >= 11 is 17.1. The van der Waals surface area contributed by atoms with Crippen molar-refractivity contribution in [2.45, 2.75) is 244 Å². The molecule has 694 valence electrons. The van der Waals surface area contributed by atoms with Gasteiger partial charge >= 0.3 is 24.1 Å². The van der Waals surface area contributed by atoms with E-state index in [1.807, 2.05) is 99.1 Å². The summed E-state index contributed by atoms with van der Waals surface area (Å²) in [7, 11) is 3.46. The Morgan fingerprint density at radius 1 is 0.547 bits per heavy atom. The Morgan fingerprint density at radius 3 is 1.31 bits per heavy atom. The molecule has 4 saturated heterocycles. The maximum atomic E-state index is 14.8. The quantitative estimate of drug-likeness (QED) is 0.0174. The van der Waals surface area contributed by atoms with Crippen molar-refractivity contribution in [3.8, 4) is 45.8 Å². The summed E-state index contributed by atoms with van der Waals surface area (Å²) in [6.45, 7) is 30.4. The Labute approximate surface area is 764 Å². The lowest BCUT2D eigenvalue weighted by Gasteiger charge is -2.35. The molecule has 2 aromatic carbocycles. The summed E-state index contributed by atoms with van der Waals surface area (Å²) in [6, 6.07) is 6.68. The molecule has 0 radical (unpaired) electrons. The number of thiazole rings is 2. The molecule has 6 saturated carbocycles. The molecule has 0 spiro atoms. The molecule has 4 unspecified atom stereocenters. The number of methoxy groups -OCH3 is 2. The number of fused-ring (bicyclic) bond motifs is 4. The van der Waals surface area contributed by atoms with Crippen LogP contribution in [-0.4, -0.2) is 261 Å². The molecule has 36 heteroatoms. The Bertz CT molecular complexity index is 5140. The van der Waals surface area contributed by atoms with Crippen molar-refractivity contribution in [3.63, 3.8) is 0 Å². The zero-order valence-corrected chi connectivity index (χ0v) is 78.3. The van der Waals surface area contributed by atoms with Crippen LogP contribution in [0.15, 0.2) is 59.8 Å². The number of carbonyl (C=O) groups excluding carboxylic acids is 6. The second-order valence-electron chi connectivity index (χ2n) is 39.1. The number of likely N-dealkylation sites (tertiary alicyclic amines) is 4. The van der Waals surface area contributed by atoms with Crippen LogP contribution in [0.2, 0.25) is 10.0 Å². The van der Waals surface area contributed by atoms with E-state index < -0.39 is 112 Å². The molecule has 4 aromatic heterocycles. The molecule has 0 bridgehead atoms. The van der Waals surface area contributed by atoms with Gasteiger partial charge in [-0.05, 0) is 157 Å². The minimum Gasteiger partial charge on any atom is -0.491 e. The van der Waals surface area contributed by atoms with Gasteiger partial charge in [-0.1, -0.05) is 84.2 Å². The standard InChI is InChI=1S/C46H62ClN7O9S.C46H60ClN7O9S/c2*1-8-27-20-46(27,42(57)58)52-40(55)34-18-30(22-54(34)41(56)39(45(4,5)6)51-44(59)63-29-16-25-15-26(25)17-29)62-36-19-32(33-23-64-43(50-33)48-24(2)3)49-38-31(36)9-10-35(37(38)47)61-14-13-53-12-11-28(21-53)60-7/h9-10,19,23-30,34,39H,8,11-18,20-22H2,1-7H3,(H,48,50)(H,51,59)(H,52,55)(H,57,58);8-10,19,23-30,34,39H,1,11-18,20-22H2,2-7H3,(H,48,50)(H,51,59)(H,52,55)(H,57,58)/t2*25-,26+,27-,28-,29?,30-,34+,39-,46?/m11/s1. The number of anilines is 2. The third-order valence-corrected chi connectivity index (χ3v) is 29.1. The number of carboxylic acid groups (broad SMARTS) is 2. The van der Waals surface area contributed by atoms with Crippen molar-refractivity contribution in [1.29, 1.82) is 0 Å². The van der Waals surface area contributed by atoms with Crippen LogP contribution in [0.4, 0.5) is 19.9 Å². The van der Waals surface area contributed by atoms with E-state index >= 15 is 0 Å². The van der Waals surface area contributed by atoms with Crippen LogP contribution in [0, 0.1) is 46.3 Å². The lowest BCUT2D eigenvalue weighted by atomic mass is 9.85. The van der Waals surface area contributed by atoms with Crippen LogP contribution in [0.1, 0.15) is 160 Å². The lowest BCUT2D eigenvalue weighted by molar-refractivity contribution is -0.146. The van der Waals surface area contributed by atoms with Crippen molar-refractivity contribution in [2.75, 3.05) is 90.4 Å². The zero-order valence-electron chi connectivity index (χ0n) is 75.1. The van der Waals surface area contributed by atoms with Crippen molar-refractivity contribution < 1.29 is 86.5 Å². The lowest BCUT2D eigenvalue weighted by Crippen LogP contribution is -2.59. The van der Waals surface area contributed by atoms with Gasteiger partial charge in [0.1, 0.15) is 117 Å². The first kappa shape index (κ1) is 93.5. The molecule has 32 nitrogen and oxygen atoms in total. The van der Waals surface area contributed by atoms with E-state index in [1.54, 1.807) is 38.5 Å². The number of amides is 6. The van der Waals surface area contributed by atoms with Gasteiger partial charge in [0.25, 0.3) is 0 Å². The fourth-order valence-electron chi connectivity index (χ4n) is 19.2. The number of hydrogen-bond acceptors (Lipinski definition) is 26. The highest BCUT2D eigenvalue weighted by Crippen LogP contribution is 2.55. The van der Waals surface area contributed by atoms with Crippen molar-refractivity contribution in [3.05, 3.63) is 69.9 Å². The number of rotatable bonds is 34. The molecule has 10 fully saturated rings. The molecular weight excluding hydrogens is 1720 g/mol. The molecule has 6 aliphatic carbocycles.